The van der Waals surface area contributed by atoms with Crippen LogP contribution in [0.15, 0.2) is 16.5 Å². The average Bonchev–Trinajstić information content (AvgIpc) is 2.55. The molecule has 0 unspecified atom stereocenters. The summed E-state index contributed by atoms with van der Waals surface area (Å²) in [4.78, 5) is 2.35. The summed E-state index contributed by atoms with van der Waals surface area (Å²) < 4.78 is 6.10. The zero-order valence-corrected chi connectivity index (χ0v) is 13.8. The van der Waals surface area contributed by atoms with Crippen molar-refractivity contribution in [3.05, 3.63) is 34.0 Å². The van der Waals surface area contributed by atoms with Crippen molar-refractivity contribution in [2.45, 2.75) is 33.2 Å². The van der Waals surface area contributed by atoms with Crippen LogP contribution < -0.4 is 0 Å². The lowest BCUT2D eigenvalue weighted by atomic mass is 10.0. The Morgan fingerprint density at radius 3 is 2.75 bits per heavy atom. The number of likely N-dealkylation sites (N-methyl/N-ethyl adjacent to an activating group) is 1. The molecule has 3 rings (SSSR count). The Labute approximate surface area is 131 Å². The molecular weight excluding hydrogens is 293 g/mol. The molecule has 1 aromatic heterocycles. The number of furan rings is 1. The zero-order chi connectivity index (χ0) is 13.6. The second kappa shape index (κ2) is 5.97. The molecule has 1 aliphatic rings. The van der Waals surface area contributed by atoms with Gasteiger partial charge in [-0.25, -0.2) is 0 Å². The van der Waals surface area contributed by atoms with E-state index in [-0.39, 0.29) is 12.4 Å². The SMILES string of the molecule is CC(C)Cc1oc2ccc(Cl)c3c2c1CN(C)CC3.Cl. The Balaban J connectivity index is 0.00000147. The molecule has 0 bridgehead atoms. The topological polar surface area (TPSA) is 16.4 Å². The Kier molecular flexibility index (Phi) is 4.68. The largest absolute Gasteiger partial charge is 0.461 e. The Hall–Kier alpha value is -0.700. The Morgan fingerprint density at radius 2 is 2.05 bits per heavy atom. The second-order valence-electron chi connectivity index (χ2n) is 5.99. The standard InChI is InChI=1S/C16H20ClNO.ClH/c1-10(2)8-15-12-9-18(3)7-6-11-13(17)4-5-14(19-15)16(11)12;/h4-5,10H,6-9H2,1-3H3;1H. The van der Waals surface area contributed by atoms with Crippen LogP contribution in [0.1, 0.15) is 30.7 Å². The van der Waals surface area contributed by atoms with Gasteiger partial charge in [-0.3, -0.25) is 0 Å². The van der Waals surface area contributed by atoms with Crippen molar-refractivity contribution in [1.29, 1.82) is 0 Å². The third kappa shape index (κ3) is 2.69. The predicted molar refractivity (Wildman–Crippen MR) is 87.1 cm³/mol. The molecule has 110 valence electrons. The van der Waals surface area contributed by atoms with E-state index < -0.39 is 0 Å². The summed E-state index contributed by atoms with van der Waals surface area (Å²) in [7, 11) is 2.16. The number of benzene rings is 1. The van der Waals surface area contributed by atoms with Crippen LogP contribution >= 0.6 is 24.0 Å². The zero-order valence-electron chi connectivity index (χ0n) is 12.2. The first-order valence-corrected chi connectivity index (χ1v) is 7.34. The van der Waals surface area contributed by atoms with Gasteiger partial charge in [-0.1, -0.05) is 25.4 Å². The molecule has 2 aromatic rings. The maximum atomic E-state index is 6.38. The Bertz CT molecular complexity index is 618. The molecular formula is C16H21Cl2NO. The van der Waals surface area contributed by atoms with Gasteiger partial charge in [0, 0.05) is 35.5 Å². The smallest absolute Gasteiger partial charge is 0.135 e. The molecule has 0 saturated heterocycles. The lowest BCUT2D eigenvalue weighted by Gasteiger charge is -2.14. The molecule has 0 aliphatic carbocycles. The number of nitrogens with zero attached hydrogens (tertiary/aromatic N) is 1. The fraction of sp³-hybridized carbons (Fsp3) is 0.500. The van der Waals surface area contributed by atoms with E-state index in [1.165, 1.54) is 16.5 Å². The van der Waals surface area contributed by atoms with Crippen molar-refractivity contribution >= 4 is 35.0 Å². The fourth-order valence-electron chi connectivity index (χ4n) is 2.95. The van der Waals surface area contributed by atoms with Gasteiger partial charge in [-0.05, 0) is 37.1 Å². The number of hydrogen-bond donors (Lipinski definition) is 0. The summed E-state index contributed by atoms with van der Waals surface area (Å²) in [5.41, 5.74) is 3.61. The van der Waals surface area contributed by atoms with Gasteiger partial charge in [-0.15, -0.1) is 12.4 Å². The highest BCUT2D eigenvalue weighted by Gasteiger charge is 2.23. The van der Waals surface area contributed by atoms with Gasteiger partial charge < -0.3 is 9.32 Å². The third-order valence-corrected chi connectivity index (χ3v) is 4.21. The molecule has 2 nitrogen and oxygen atoms in total. The average molecular weight is 314 g/mol. The van der Waals surface area contributed by atoms with Crippen LogP contribution in [0, 0.1) is 5.92 Å². The van der Waals surface area contributed by atoms with Gasteiger partial charge >= 0.3 is 0 Å². The maximum Gasteiger partial charge on any atom is 0.135 e. The first-order valence-electron chi connectivity index (χ1n) is 6.96. The predicted octanol–water partition coefficient (Wildman–Crippen LogP) is 4.69. The molecule has 20 heavy (non-hydrogen) atoms. The van der Waals surface area contributed by atoms with Crippen molar-refractivity contribution in [1.82, 2.24) is 4.90 Å². The summed E-state index contributed by atoms with van der Waals surface area (Å²) in [5.74, 6) is 1.74. The van der Waals surface area contributed by atoms with E-state index >= 15 is 0 Å². The lowest BCUT2D eigenvalue weighted by molar-refractivity contribution is 0.331. The van der Waals surface area contributed by atoms with Gasteiger partial charge in [0.1, 0.15) is 11.3 Å². The highest BCUT2D eigenvalue weighted by Crippen LogP contribution is 2.36. The van der Waals surface area contributed by atoms with E-state index in [1.54, 1.807) is 0 Å². The first kappa shape index (κ1) is 15.7. The summed E-state index contributed by atoms with van der Waals surface area (Å²) in [5, 5.41) is 2.15. The van der Waals surface area contributed by atoms with Crippen molar-refractivity contribution < 1.29 is 4.42 Å². The van der Waals surface area contributed by atoms with Crippen LogP contribution in [0.3, 0.4) is 0 Å². The normalized spacial score (nSPS) is 15.4. The fourth-order valence-corrected chi connectivity index (χ4v) is 3.20. The quantitative estimate of drug-likeness (QED) is 0.799. The highest BCUT2D eigenvalue weighted by atomic mass is 35.5. The second-order valence-corrected chi connectivity index (χ2v) is 6.40. The number of halogens is 2. The summed E-state index contributed by atoms with van der Waals surface area (Å²) in [6, 6.07) is 3.98. The summed E-state index contributed by atoms with van der Waals surface area (Å²) in [6.45, 7) is 6.47. The van der Waals surface area contributed by atoms with Gasteiger partial charge in [0.05, 0.1) is 0 Å². The van der Waals surface area contributed by atoms with Crippen molar-refractivity contribution in [3.63, 3.8) is 0 Å². The van der Waals surface area contributed by atoms with E-state index in [0.29, 0.717) is 5.92 Å². The summed E-state index contributed by atoms with van der Waals surface area (Å²) in [6.07, 6.45) is 2.00. The number of hydrogen-bond acceptors (Lipinski definition) is 2. The van der Waals surface area contributed by atoms with Crippen LogP contribution in [-0.4, -0.2) is 18.5 Å². The molecule has 0 radical (unpaired) electrons. The van der Waals surface area contributed by atoms with Crippen molar-refractivity contribution in [3.8, 4) is 0 Å². The first-order chi connectivity index (χ1) is 9.06. The molecule has 4 heteroatoms. The molecule has 0 N–H and O–H groups in total. The Morgan fingerprint density at radius 1 is 1.30 bits per heavy atom. The van der Waals surface area contributed by atoms with Gasteiger partial charge in [0.15, 0.2) is 0 Å². The molecule has 0 spiro atoms. The van der Waals surface area contributed by atoms with Crippen LogP contribution in [0.25, 0.3) is 11.0 Å². The molecule has 1 aromatic carbocycles. The monoisotopic (exact) mass is 313 g/mol. The van der Waals surface area contributed by atoms with Crippen LogP contribution in [-0.2, 0) is 19.4 Å². The van der Waals surface area contributed by atoms with E-state index in [4.69, 9.17) is 16.0 Å². The molecule has 0 atom stereocenters. The molecule has 2 heterocycles. The highest BCUT2D eigenvalue weighted by molar-refractivity contribution is 6.32. The number of rotatable bonds is 2. The third-order valence-electron chi connectivity index (χ3n) is 3.85. The molecule has 0 amide bonds. The van der Waals surface area contributed by atoms with Gasteiger partial charge in [0.2, 0.25) is 0 Å². The lowest BCUT2D eigenvalue weighted by Crippen LogP contribution is -2.19. The van der Waals surface area contributed by atoms with Crippen LogP contribution in [0.5, 0.6) is 0 Å². The minimum absolute atomic E-state index is 0. The van der Waals surface area contributed by atoms with Gasteiger partial charge in [0.25, 0.3) is 0 Å². The molecule has 0 saturated carbocycles. The maximum absolute atomic E-state index is 6.38. The molecule has 0 fully saturated rings. The molecule has 1 aliphatic heterocycles. The van der Waals surface area contributed by atoms with E-state index in [0.717, 1.165) is 42.3 Å². The van der Waals surface area contributed by atoms with Crippen molar-refractivity contribution in [2.75, 3.05) is 13.6 Å². The van der Waals surface area contributed by atoms with E-state index in [2.05, 4.69) is 25.8 Å². The van der Waals surface area contributed by atoms with Crippen molar-refractivity contribution in [2.24, 2.45) is 5.92 Å². The van der Waals surface area contributed by atoms with E-state index in [9.17, 15) is 0 Å². The minimum Gasteiger partial charge on any atom is -0.461 e. The van der Waals surface area contributed by atoms with Crippen LogP contribution in [0.4, 0.5) is 0 Å². The van der Waals surface area contributed by atoms with Gasteiger partial charge in [-0.2, -0.15) is 0 Å². The van der Waals surface area contributed by atoms with Crippen LogP contribution in [0.2, 0.25) is 5.02 Å². The van der Waals surface area contributed by atoms with E-state index in [1.807, 2.05) is 12.1 Å². The summed E-state index contributed by atoms with van der Waals surface area (Å²) >= 11 is 6.38. The minimum atomic E-state index is 0.